The number of carbonyl (C=O) groups excluding carboxylic acids is 1. The Hall–Kier alpha value is -1.55. The van der Waals surface area contributed by atoms with E-state index in [1.54, 1.807) is 0 Å². The van der Waals surface area contributed by atoms with Crippen LogP contribution in [0.1, 0.15) is 38.2 Å². The molecule has 0 atom stereocenters. The van der Waals surface area contributed by atoms with Gasteiger partial charge in [0.05, 0.1) is 0 Å². The van der Waals surface area contributed by atoms with Gasteiger partial charge >= 0.3 is 0 Å². The number of rotatable bonds is 3. The summed E-state index contributed by atoms with van der Waals surface area (Å²) in [4.78, 5) is 18.4. The molecule has 0 spiro atoms. The standard InChI is InChI=1S/C16H21N3O.ClH/c1-2-12-7-3-6-10-14(12)18-16-17-11-15(20)19(16)13-8-4-5-9-13;/h3,6-7,10,13H,2,4-5,8-9,11H2,1H3,(H,17,18);1H. The molecule has 3 rings (SSSR count). The molecule has 1 saturated carbocycles. The average molecular weight is 308 g/mol. The van der Waals surface area contributed by atoms with Crippen molar-refractivity contribution in [2.45, 2.75) is 45.1 Å². The fraction of sp³-hybridized carbons (Fsp3) is 0.500. The van der Waals surface area contributed by atoms with Crippen LogP contribution in [-0.4, -0.2) is 29.4 Å². The summed E-state index contributed by atoms with van der Waals surface area (Å²) in [5, 5.41) is 3.37. The predicted octanol–water partition coefficient (Wildman–Crippen LogP) is 3.22. The van der Waals surface area contributed by atoms with Crippen molar-refractivity contribution in [1.82, 2.24) is 4.90 Å². The van der Waals surface area contributed by atoms with Crippen LogP contribution in [0.5, 0.6) is 0 Å². The third kappa shape index (κ3) is 3.21. The molecular formula is C16H22ClN3O. The first-order valence-electron chi connectivity index (χ1n) is 7.51. The number of aryl methyl sites for hydroxylation is 1. The third-order valence-electron chi connectivity index (χ3n) is 4.20. The molecule has 1 amide bonds. The second-order valence-electron chi connectivity index (χ2n) is 5.48. The van der Waals surface area contributed by atoms with E-state index in [0.29, 0.717) is 6.04 Å². The first-order chi connectivity index (χ1) is 9.79. The van der Waals surface area contributed by atoms with Crippen LogP contribution in [0.15, 0.2) is 29.3 Å². The summed E-state index contributed by atoms with van der Waals surface area (Å²) in [5.41, 5.74) is 2.31. The number of anilines is 1. The highest BCUT2D eigenvalue weighted by Crippen LogP contribution is 2.26. The highest BCUT2D eigenvalue weighted by Gasteiger charge is 2.34. The zero-order valence-corrected chi connectivity index (χ0v) is 13.2. The van der Waals surface area contributed by atoms with Gasteiger partial charge in [-0.2, -0.15) is 0 Å². The van der Waals surface area contributed by atoms with Crippen molar-refractivity contribution in [2.75, 3.05) is 11.9 Å². The number of halogens is 1. The van der Waals surface area contributed by atoms with Crippen molar-refractivity contribution in [3.63, 3.8) is 0 Å². The van der Waals surface area contributed by atoms with Crippen molar-refractivity contribution in [2.24, 2.45) is 4.99 Å². The highest BCUT2D eigenvalue weighted by molar-refractivity contribution is 6.09. The van der Waals surface area contributed by atoms with Crippen molar-refractivity contribution in [1.29, 1.82) is 0 Å². The molecule has 1 aliphatic carbocycles. The third-order valence-corrected chi connectivity index (χ3v) is 4.20. The molecule has 4 nitrogen and oxygen atoms in total. The Labute approximate surface area is 132 Å². The van der Waals surface area contributed by atoms with Gasteiger partial charge in [0.15, 0.2) is 0 Å². The second kappa shape index (κ2) is 6.94. The van der Waals surface area contributed by atoms with Crippen LogP contribution in [0.2, 0.25) is 0 Å². The number of hydrogen-bond acceptors (Lipinski definition) is 3. The van der Waals surface area contributed by atoms with Gasteiger partial charge in [0, 0.05) is 11.7 Å². The Morgan fingerprint density at radius 2 is 2.00 bits per heavy atom. The summed E-state index contributed by atoms with van der Waals surface area (Å²) in [6.45, 7) is 2.42. The second-order valence-corrected chi connectivity index (χ2v) is 5.48. The van der Waals surface area contributed by atoms with Crippen LogP contribution < -0.4 is 5.32 Å². The van der Waals surface area contributed by atoms with Crippen molar-refractivity contribution < 1.29 is 4.79 Å². The highest BCUT2D eigenvalue weighted by atomic mass is 35.5. The van der Waals surface area contributed by atoms with E-state index in [-0.39, 0.29) is 24.9 Å². The van der Waals surface area contributed by atoms with Gasteiger partial charge in [-0.05, 0) is 30.9 Å². The SMILES string of the molecule is CCc1ccccc1NC1=NCC(=O)N1C1CCCC1.Cl. The Morgan fingerprint density at radius 3 is 2.71 bits per heavy atom. The van der Waals surface area contributed by atoms with E-state index in [1.165, 1.54) is 18.4 Å². The Kier molecular flexibility index (Phi) is 5.23. The summed E-state index contributed by atoms with van der Waals surface area (Å²) in [6, 6.07) is 8.56. The smallest absolute Gasteiger partial charge is 0.251 e. The zero-order chi connectivity index (χ0) is 13.9. The quantitative estimate of drug-likeness (QED) is 0.932. The van der Waals surface area contributed by atoms with Crippen LogP contribution in [-0.2, 0) is 11.2 Å². The molecule has 0 unspecified atom stereocenters. The minimum absolute atomic E-state index is 0. The van der Waals surface area contributed by atoms with Crippen LogP contribution in [0.4, 0.5) is 5.69 Å². The Balaban J connectivity index is 0.00000161. The number of hydrogen-bond donors (Lipinski definition) is 1. The Bertz CT molecular complexity index is 538. The molecule has 2 aliphatic rings. The molecule has 1 N–H and O–H groups in total. The predicted molar refractivity (Wildman–Crippen MR) is 88.1 cm³/mol. The van der Waals surface area contributed by atoms with E-state index in [9.17, 15) is 4.79 Å². The first kappa shape index (κ1) is 15.8. The van der Waals surface area contributed by atoms with Crippen molar-refractivity contribution >= 4 is 30.0 Å². The molecular weight excluding hydrogens is 286 g/mol. The number of benzene rings is 1. The van der Waals surface area contributed by atoms with Crippen molar-refractivity contribution in [3.8, 4) is 0 Å². The largest absolute Gasteiger partial charge is 0.326 e. The van der Waals surface area contributed by atoms with Gasteiger partial charge in [-0.1, -0.05) is 38.0 Å². The summed E-state index contributed by atoms with van der Waals surface area (Å²) in [5.74, 6) is 0.871. The summed E-state index contributed by atoms with van der Waals surface area (Å²) >= 11 is 0. The minimum atomic E-state index is 0. The lowest BCUT2D eigenvalue weighted by atomic mass is 10.1. The first-order valence-corrected chi connectivity index (χ1v) is 7.51. The Morgan fingerprint density at radius 1 is 1.29 bits per heavy atom. The molecule has 1 aromatic carbocycles. The molecule has 0 saturated heterocycles. The number of guanidine groups is 1. The lowest BCUT2D eigenvalue weighted by Gasteiger charge is -2.26. The molecule has 1 aromatic rings. The fourth-order valence-corrected chi connectivity index (χ4v) is 3.12. The van der Waals surface area contributed by atoms with E-state index >= 15 is 0 Å². The molecule has 1 fully saturated rings. The maximum Gasteiger partial charge on any atom is 0.251 e. The monoisotopic (exact) mass is 307 g/mol. The summed E-state index contributed by atoms with van der Waals surface area (Å²) in [7, 11) is 0. The van der Waals surface area contributed by atoms with E-state index in [1.807, 2.05) is 17.0 Å². The molecule has 1 aliphatic heterocycles. The number of amides is 1. The van der Waals surface area contributed by atoms with Crippen LogP contribution >= 0.6 is 12.4 Å². The van der Waals surface area contributed by atoms with Gasteiger partial charge in [0.1, 0.15) is 6.54 Å². The maximum absolute atomic E-state index is 12.1. The van der Waals surface area contributed by atoms with Gasteiger partial charge in [-0.3, -0.25) is 9.69 Å². The molecule has 0 aromatic heterocycles. The normalized spacial score (nSPS) is 18.6. The van der Waals surface area contributed by atoms with E-state index in [0.717, 1.165) is 30.9 Å². The van der Waals surface area contributed by atoms with Crippen LogP contribution in [0.25, 0.3) is 0 Å². The molecule has 0 bridgehead atoms. The van der Waals surface area contributed by atoms with E-state index in [2.05, 4.69) is 29.4 Å². The number of carbonyl (C=O) groups is 1. The molecule has 114 valence electrons. The van der Waals surface area contributed by atoms with Gasteiger partial charge in [0.2, 0.25) is 5.96 Å². The van der Waals surface area contributed by atoms with Gasteiger partial charge in [-0.25, -0.2) is 4.99 Å². The fourth-order valence-electron chi connectivity index (χ4n) is 3.12. The van der Waals surface area contributed by atoms with E-state index in [4.69, 9.17) is 0 Å². The summed E-state index contributed by atoms with van der Waals surface area (Å²) < 4.78 is 0. The van der Waals surface area contributed by atoms with Gasteiger partial charge in [-0.15, -0.1) is 12.4 Å². The van der Waals surface area contributed by atoms with Gasteiger partial charge < -0.3 is 5.32 Å². The number of nitrogens with zero attached hydrogens (tertiary/aromatic N) is 2. The van der Waals surface area contributed by atoms with Crippen molar-refractivity contribution in [3.05, 3.63) is 29.8 Å². The minimum Gasteiger partial charge on any atom is -0.326 e. The van der Waals surface area contributed by atoms with Crippen LogP contribution in [0, 0.1) is 0 Å². The van der Waals surface area contributed by atoms with E-state index < -0.39 is 0 Å². The topological polar surface area (TPSA) is 44.7 Å². The molecule has 1 heterocycles. The van der Waals surface area contributed by atoms with Gasteiger partial charge in [0.25, 0.3) is 5.91 Å². The molecule has 5 heteroatoms. The molecule has 0 radical (unpaired) electrons. The maximum atomic E-state index is 12.1. The lowest BCUT2D eigenvalue weighted by Crippen LogP contribution is -2.43. The molecule has 21 heavy (non-hydrogen) atoms. The average Bonchev–Trinajstić information content (AvgIpc) is 3.09. The zero-order valence-electron chi connectivity index (χ0n) is 12.3. The summed E-state index contributed by atoms with van der Waals surface area (Å²) in [6.07, 6.45) is 5.60. The lowest BCUT2D eigenvalue weighted by molar-refractivity contribution is -0.126. The number of aliphatic imine (C=N–C) groups is 1. The number of para-hydroxylation sites is 1. The van der Waals surface area contributed by atoms with Crippen LogP contribution in [0.3, 0.4) is 0 Å². The number of nitrogens with one attached hydrogen (secondary N) is 1.